The molecule has 0 amide bonds. The van der Waals surface area contributed by atoms with E-state index in [1.54, 1.807) is 18.4 Å². The maximum absolute atomic E-state index is 5.19. The van der Waals surface area contributed by atoms with Crippen LogP contribution in [0.5, 0.6) is 5.75 Å². The van der Waals surface area contributed by atoms with Gasteiger partial charge in [-0.15, -0.1) is 11.3 Å². The second-order valence-corrected chi connectivity index (χ2v) is 4.45. The molecule has 0 aliphatic carbocycles. The van der Waals surface area contributed by atoms with E-state index in [0.717, 1.165) is 11.6 Å². The summed E-state index contributed by atoms with van der Waals surface area (Å²) in [4.78, 5) is 5.57. The number of nitrogens with zero attached hydrogens (tertiary/aromatic N) is 2. The van der Waals surface area contributed by atoms with E-state index in [1.165, 1.54) is 4.88 Å². The topological polar surface area (TPSA) is 39.1 Å². The van der Waals surface area contributed by atoms with Crippen LogP contribution in [0.2, 0.25) is 0 Å². The average molecular weight is 237 g/mol. The fraction of sp³-hybridized carbons (Fsp3) is 0.364. The zero-order valence-corrected chi connectivity index (χ0v) is 10.4. The Morgan fingerprint density at radius 1 is 1.56 bits per heavy atom. The van der Waals surface area contributed by atoms with E-state index in [-0.39, 0.29) is 6.04 Å². The number of aromatic nitrogens is 2. The van der Waals surface area contributed by atoms with Crippen molar-refractivity contribution < 1.29 is 4.74 Å². The van der Waals surface area contributed by atoms with Gasteiger partial charge in [0, 0.05) is 29.7 Å². The molecule has 2 heterocycles. The van der Waals surface area contributed by atoms with Crippen molar-refractivity contribution in [2.45, 2.75) is 6.04 Å². The SMILES string of the molecule is CNC(c1cc(OC)cs1)c1nccn1C. The van der Waals surface area contributed by atoms with Crippen LogP contribution in [0, 0.1) is 0 Å². The van der Waals surface area contributed by atoms with Crippen molar-refractivity contribution in [1.29, 1.82) is 0 Å². The van der Waals surface area contributed by atoms with Crippen LogP contribution in [0.3, 0.4) is 0 Å². The van der Waals surface area contributed by atoms with Gasteiger partial charge in [-0.25, -0.2) is 4.98 Å². The van der Waals surface area contributed by atoms with Crippen molar-refractivity contribution >= 4 is 11.3 Å². The number of methoxy groups -OCH3 is 1. The summed E-state index contributed by atoms with van der Waals surface area (Å²) in [6, 6.07) is 2.16. The van der Waals surface area contributed by atoms with E-state index in [1.807, 2.05) is 42.5 Å². The van der Waals surface area contributed by atoms with Crippen LogP contribution in [0.25, 0.3) is 0 Å². The Hall–Kier alpha value is -1.33. The number of rotatable bonds is 4. The molecule has 4 nitrogen and oxygen atoms in total. The van der Waals surface area contributed by atoms with Gasteiger partial charge in [-0.3, -0.25) is 0 Å². The second-order valence-electron chi connectivity index (χ2n) is 3.51. The Bertz CT molecular complexity index is 463. The van der Waals surface area contributed by atoms with E-state index >= 15 is 0 Å². The Balaban J connectivity index is 2.32. The second kappa shape index (κ2) is 4.67. The number of thiophene rings is 1. The highest BCUT2D eigenvalue weighted by atomic mass is 32.1. The molecule has 2 aromatic heterocycles. The minimum absolute atomic E-state index is 0.119. The van der Waals surface area contributed by atoms with Crippen molar-refractivity contribution in [1.82, 2.24) is 14.9 Å². The van der Waals surface area contributed by atoms with Crippen molar-refractivity contribution in [2.75, 3.05) is 14.2 Å². The first-order valence-corrected chi connectivity index (χ1v) is 5.91. The first-order chi connectivity index (χ1) is 7.76. The third-order valence-electron chi connectivity index (χ3n) is 2.52. The molecule has 0 aliphatic rings. The van der Waals surface area contributed by atoms with Crippen molar-refractivity contribution in [3.63, 3.8) is 0 Å². The van der Waals surface area contributed by atoms with Crippen molar-refractivity contribution in [3.05, 3.63) is 34.5 Å². The predicted molar refractivity (Wildman–Crippen MR) is 65.0 cm³/mol. The van der Waals surface area contributed by atoms with Crippen LogP contribution < -0.4 is 10.1 Å². The summed E-state index contributed by atoms with van der Waals surface area (Å²) >= 11 is 1.67. The molecule has 0 saturated carbocycles. The Morgan fingerprint density at radius 3 is 2.88 bits per heavy atom. The van der Waals surface area contributed by atoms with Crippen molar-refractivity contribution in [3.8, 4) is 5.75 Å². The van der Waals surface area contributed by atoms with E-state index in [4.69, 9.17) is 4.74 Å². The van der Waals surface area contributed by atoms with E-state index in [2.05, 4.69) is 10.3 Å². The van der Waals surface area contributed by atoms with Gasteiger partial charge in [0.15, 0.2) is 0 Å². The molecule has 86 valence electrons. The number of hydrogen-bond acceptors (Lipinski definition) is 4. The summed E-state index contributed by atoms with van der Waals surface area (Å²) in [5.74, 6) is 1.90. The third-order valence-corrected chi connectivity index (χ3v) is 3.50. The number of nitrogens with one attached hydrogen (secondary N) is 1. The normalized spacial score (nSPS) is 12.7. The van der Waals surface area contributed by atoms with Crippen LogP contribution in [0.4, 0.5) is 0 Å². The minimum atomic E-state index is 0.119. The van der Waals surface area contributed by atoms with Crippen LogP contribution in [0.1, 0.15) is 16.7 Å². The summed E-state index contributed by atoms with van der Waals surface area (Å²) in [5.41, 5.74) is 0. The van der Waals surface area contributed by atoms with Gasteiger partial charge in [0.2, 0.25) is 0 Å². The van der Waals surface area contributed by atoms with E-state index in [0.29, 0.717) is 0 Å². The molecule has 0 radical (unpaired) electrons. The smallest absolute Gasteiger partial charge is 0.131 e. The fourth-order valence-electron chi connectivity index (χ4n) is 1.65. The number of aryl methyl sites for hydroxylation is 1. The molecule has 1 atom stereocenters. The predicted octanol–water partition coefficient (Wildman–Crippen LogP) is 1.80. The van der Waals surface area contributed by atoms with E-state index < -0.39 is 0 Å². The van der Waals surface area contributed by atoms with Gasteiger partial charge in [-0.1, -0.05) is 0 Å². The molecule has 1 N–H and O–H groups in total. The molecule has 0 fully saturated rings. The monoisotopic (exact) mass is 237 g/mol. The zero-order valence-electron chi connectivity index (χ0n) is 9.60. The largest absolute Gasteiger partial charge is 0.496 e. The summed E-state index contributed by atoms with van der Waals surface area (Å²) in [5, 5.41) is 5.27. The molecule has 1 unspecified atom stereocenters. The maximum Gasteiger partial charge on any atom is 0.131 e. The average Bonchev–Trinajstić information content (AvgIpc) is 2.90. The Morgan fingerprint density at radius 2 is 2.38 bits per heavy atom. The number of ether oxygens (including phenoxy) is 1. The number of hydrogen-bond donors (Lipinski definition) is 1. The van der Waals surface area contributed by atoms with Gasteiger partial charge in [0.25, 0.3) is 0 Å². The molecule has 2 aromatic rings. The first-order valence-electron chi connectivity index (χ1n) is 5.03. The van der Waals surface area contributed by atoms with Crippen LogP contribution in [-0.4, -0.2) is 23.7 Å². The summed E-state index contributed by atoms with van der Waals surface area (Å²) < 4.78 is 7.21. The molecule has 5 heteroatoms. The molecular formula is C11H15N3OS. The Kier molecular flexibility index (Phi) is 3.26. The summed E-state index contributed by atoms with van der Waals surface area (Å²) in [7, 11) is 5.62. The molecular weight excluding hydrogens is 222 g/mol. The summed E-state index contributed by atoms with van der Waals surface area (Å²) in [6.45, 7) is 0. The Labute approximate surface area is 98.9 Å². The highest BCUT2D eigenvalue weighted by Crippen LogP contribution is 2.29. The highest BCUT2D eigenvalue weighted by molar-refractivity contribution is 7.10. The lowest BCUT2D eigenvalue weighted by Crippen LogP contribution is -2.20. The van der Waals surface area contributed by atoms with Gasteiger partial charge in [-0.05, 0) is 13.1 Å². The lowest BCUT2D eigenvalue weighted by Gasteiger charge is -2.13. The van der Waals surface area contributed by atoms with Gasteiger partial charge >= 0.3 is 0 Å². The molecule has 0 spiro atoms. The zero-order chi connectivity index (χ0) is 11.5. The molecule has 0 aliphatic heterocycles. The lowest BCUT2D eigenvalue weighted by atomic mass is 10.2. The van der Waals surface area contributed by atoms with Crippen molar-refractivity contribution in [2.24, 2.45) is 7.05 Å². The van der Waals surface area contributed by atoms with Gasteiger partial charge < -0.3 is 14.6 Å². The molecule has 2 rings (SSSR count). The standard InChI is InChI=1S/C11H15N3OS/c1-12-10(11-13-4-5-14(11)2)9-6-8(15-3)7-16-9/h4-7,10,12H,1-3H3. The molecule has 0 aromatic carbocycles. The fourth-order valence-corrected chi connectivity index (χ4v) is 2.61. The van der Waals surface area contributed by atoms with Gasteiger partial charge in [0.1, 0.15) is 17.6 Å². The highest BCUT2D eigenvalue weighted by Gasteiger charge is 2.18. The lowest BCUT2D eigenvalue weighted by molar-refractivity contribution is 0.416. The summed E-state index contributed by atoms with van der Waals surface area (Å²) in [6.07, 6.45) is 3.76. The van der Waals surface area contributed by atoms with Crippen LogP contribution >= 0.6 is 11.3 Å². The maximum atomic E-state index is 5.19. The quantitative estimate of drug-likeness (QED) is 0.881. The van der Waals surface area contributed by atoms with E-state index in [9.17, 15) is 0 Å². The minimum Gasteiger partial charge on any atom is -0.496 e. The third kappa shape index (κ3) is 1.96. The van der Waals surface area contributed by atoms with Gasteiger partial charge in [-0.2, -0.15) is 0 Å². The molecule has 0 saturated heterocycles. The van der Waals surface area contributed by atoms with Gasteiger partial charge in [0.05, 0.1) is 7.11 Å². The number of imidazole rings is 1. The van der Waals surface area contributed by atoms with Crippen LogP contribution in [-0.2, 0) is 7.05 Å². The molecule has 16 heavy (non-hydrogen) atoms. The molecule has 0 bridgehead atoms. The van der Waals surface area contributed by atoms with Crippen LogP contribution in [0.15, 0.2) is 23.8 Å². The first kappa shape index (κ1) is 11.2.